The molecular weight excluding hydrogens is 142 g/mol. The summed E-state index contributed by atoms with van der Waals surface area (Å²) in [5.74, 6) is 0.420. The molecular formula is C6H6N5. The number of aromatic nitrogens is 4. The monoisotopic (exact) mass is 148 g/mol. The lowest BCUT2D eigenvalue weighted by atomic mass is 10.4. The topological polar surface area (TPSA) is 69.6 Å². The normalized spacial score (nSPS) is 10.6. The first-order chi connectivity index (χ1) is 5.29. The number of nitrogen functional groups attached to an aromatic ring is 1. The van der Waals surface area contributed by atoms with E-state index in [4.69, 9.17) is 5.73 Å². The van der Waals surface area contributed by atoms with Crippen molar-refractivity contribution in [2.24, 2.45) is 7.05 Å². The highest BCUT2D eigenvalue weighted by molar-refractivity contribution is 5.83. The Morgan fingerprint density at radius 2 is 2.36 bits per heavy atom. The van der Waals surface area contributed by atoms with Crippen LogP contribution < -0.4 is 5.73 Å². The Morgan fingerprint density at radius 3 is 3.09 bits per heavy atom. The molecule has 55 valence electrons. The maximum atomic E-state index is 5.53. The number of fused-ring (bicyclic) bond motifs is 1. The van der Waals surface area contributed by atoms with E-state index in [1.165, 1.54) is 6.33 Å². The largest absolute Gasteiger partial charge is 0.383 e. The van der Waals surface area contributed by atoms with Crippen LogP contribution in [0.5, 0.6) is 0 Å². The van der Waals surface area contributed by atoms with E-state index in [-0.39, 0.29) is 0 Å². The minimum atomic E-state index is 0.420. The molecule has 2 heterocycles. The molecule has 0 spiro atoms. The lowest BCUT2D eigenvalue weighted by Crippen LogP contribution is -1.95. The molecule has 5 heteroatoms. The Kier molecular flexibility index (Phi) is 1.06. The first kappa shape index (κ1) is 6.09. The molecule has 0 aliphatic carbocycles. The zero-order valence-corrected chi connectivity index (χ0v) is 5.94. The molecule has 5 nitrogen and oxygen atoms in total. The van der Waals surface area contributed by atoms with Crippen LogP contribution in [-0.4, -0.2) is 19.7 Å². The third kappa shape index (κ3) is 0.739. The van der Waals surface area contributed by atoms with Crippen molar-refractivity contribution in [2.45, 2.75) is 0 Å². The van der Waals surface area contributed by atoms with E-state index in [2.05, 4.69) is 21.3 Å². The standard InChI is InChI=1S/C6H6N5/c1-11-6-4(2-10-11)5(7)8-3-9-6/h3H,1H3,(H2,7,8,9). The molecule has 0 aromatic carbocycles. The molecule has 0 bridgehead atoms. The minimum Gasteiger partial charge on any atom is -0.383 e. The van der Waals surface area contributed by atoms with Gasteiger partial charge in [-0.15, -0.1) is 0 Å². The summed E-state index contributed by atoms with van der Waals surface area (Å²) >= 11 is 0. The Labute approximate surface area is 62.9 Å². The predicted octanol–water partition coefficient (Wildman–Crippen LogP) is -0.254. The van der Waals surface area contributed by atoms with Crippen LogP contribution in [-0.2, 0) is 7.05 Å². The van der Waals surface area contributed by atoms with E-state index in [1.54, 1.807) is 11.7 Å². The highest BCUT2D eigenvalue weighted by Gasteiger charge is 2.03. The van der Waals surface area contributed by atoms with Gasteiger partial charge in [-0.25, -0.2) is 14.6 Å². The van der Waals surface area contributed by atoms with Gasteiger partial charge in [0, 0.05) is 7.05 Å². The van der Waals surface area contributed by atoms with Crippen LogP contribution in [0.3, 0.4) is 0 Å². The summed E-state index contributed by atoms with van der Waals surface area (Å²) in [5.41, 5.74) is 6.24. The average Bonchev–Trinajstić information content (AvgIpc) is 2.35. The molecule has 0 amide bonds. The molecule has 0 saturated heterocycles. The number of hydrogen-bond donors (Lipinski definition) is 1. The van der Waals surface area contributed by atoms with Crippen molar-refractivity contribution in [2.75, 3.05) is 5.73 Å². The lowest BCUT2D eigenvalue weighted by molar-refractivity contribution is 0.783. The number of hydrogen-bond acceptors (Lipinski definition) is 4. The second-order valence-corrected chi connectivity index (χ2v) is 2.19. The molecule has 2 rings (SSSR count). The van der Waals surface area contributed by atoms with Crippen LogP contribution in [0.1, 0.15) is 0 Å². The summed E-state index contributed by atoms with van der Waals surface area (Å²) in [6.07, 6.45) is 4.13. The van der Waals surface area contributed by atoms with Crippen molar-refractivity contribution in [3.05, 3.63) is 12.5 Å². The molecule has 1 radical (unpaired) electrons. The fourth-order valence-corrected chi connectivity index (χ4v) is 0.914. The lowest BCUT2D eigenvalue weighted by Gasteiger charge is -1.92. The summed E-state index contributed by atoms with van der Waals surface area (Å²) in [4.78, 5) is 7.78. The second-order valence-electron chi connectivity index (χ2n) is 2.19. The van der Waals surface area contributed by atoms with Crippen molar-refractivity contribution >= 4 is 16.9 Å². The quantitative estimate of drug-likeness (QED) is 0.559. The van der Waals surface area contributed by atoms with Crippen LogP contribution in [0.25, 0.3) is 11.0 Å². The van der Waals surface area contributed by atoms with E-state index in [1.807, 2.05) is 0 Å². The number of nitrogens with two attached hydrogens (primary N) is 1. The van der Waals surface area contributed by atoms with Gasteiger partial charge in [-0.3, -0.25) is 0 Å². The van der Waals surface area contributed by atoms with Crippen molar-refractivity contribution in [1.29, 1.82) is 0 Å². The van der Waals surface area contributed by atoms with Gasteiger partial charge in [-0.1, -0.05) is 0 Å². The molecule has 0 aliphatic heterocycles. The van der Waals surface area contributed by atoms with Gasteiger partial charge in [-0.05, 0) is 0 Å². The third-order valence-corrected chi connectivity index (χ3v) is 1.47. The van der Waals surface area contributed by atoms with Crippen molar-refractivity contribution < 1.29 is 0 Å². The molecule has 2 aromatic rings. The molecule has 0 atom stereocenters. The summed E-state index contributed by atoms with van der Waals surface area (Å²) in [5, 5.41) is 4.54. The van der Waals surface area contributed by atoms with E-state index >= 15 is 0 Å². The maximum Gasteiger partial charge on any atom is 0.163 e. The SMILES string of the molecule is Cn1n[c]c2c(N)ncnc21. The van der Waals surface area contributed by atoms with E-state index in [9.17, 15) is 0 Å². The average molecular weight is 148 g/mol. The molecule has 0 fully saturated rings. The number of anilines is 1. The van der Waals surface area contributed by atoms with Crippen LogP contribution in [0, 0.1) is 6.20 Å². The zero-order valence-electron chi connectivity index (χ0n) is 5.94. The highest BCUT2D eigenvalue weighted by Crippen LogP contribution is 2.12. The van der Waals surface area contributed by atoms with E-state index in [0.717, 1.165) is 0 Å². The van der Waals surface area contributed by atoms with Crippen LogP contribution in [0.15, 0.2) is 6.33 Å². The van der Waals surface area contributed by atoms with Crippen molar-refractivity contribution in [3.8, 4) is 0 Å². The maximum absolute atomic E-state index is 5.53. The van der Waals surface area contributed by atoms with Crippen LogP contribution in [0.4, 0.5) is 5.82 Å². The van der Waals surface area contributed by atoms with Gasteiger partial charge in [0.05, 0.1) is 5.39 Å². The zero-order chi connectivity index (χ0) is 7.84. The Morgan fingerprint density at radius 1 is 1.55 bits per heavy atom. The fraction of sp³-hybridized carbons (Fsp3) is 0.167. The summed E-state index contributed by atoms with van der Waals surface area (Å²) in [6.45, 7) is 0. The van der Waals surface area contributed by atoms with Gasteiger partial charge in [-0.2, -0.15) is 5.10 Å². The van der Waals surface area contributed by atoms with Crippen molar-refractivity contribution in [3.63, 3.8) is 0 Å². The summed E-state index contributed by atoms with van der Waals surface area (Å²) < 4.78 is 1.60. The third-order valence-electron chi connectivity index (χ3n) is 1.47. The van der Waals surface area contributed by atoms with E-state index < -0.39 is 0 Å². The fourth-order valence-electron chi connectivity index (χ4n) is 0.914. The molecule has 11 heavy (non-hydrogen) atoms. The van der Waals surface area contributed by atoms with Gasteiger partial charge in [0.15, 0.2) is 5.65 Å². The molecule has 0 unspecified atom stereocenters. The second kappa shape index (κ2) is 1.91. The number of nitrogens with zero attached hydrogens (tertiary/aromatic N) is 4. The first-order valence-electron chi connectivity index (χ1n) is 3.10. The Bertz CT molecular complexity index is 391. The molecule has 2 N–H and O–H groups in total. The number of rotatable bonds is 0. The van der Waals surface area contributed by atoms with Crippen molar-refractivity contribution in [1.82, 2.24) is 19.7 Å². The summed E-state index contributed by atoms with van der Waals surface area (Å²) in [6, 6.07) is 0. The highest BCUT2D eigenvalue weighted by atomic mass is 15.3. The smallest absolute Gasteiger partial charge is 0.163 e. The molecule has 0 aliphatic rings. The Hall–Kier alpha value is -1.65. The first-order valence-corrected chi connectivity index (χ1v) is 3.10. The van der Waals surface area contributed by atoms with Crippen LogP contribution >= 0.6 is 0 Å². The number of aryl methyl sites for hydroxylation is 1. The van der Waals surface area contributed by atoms with Gasteiger partial charge < -0.3 is 5.73 Å². The Balaban J connectivity index is 2.94. The van der Waals surface area contributed by atoms with Gasteiger partial charge in [0.1, 0.15) is 18.3 Å². The van der Waals surface area contributed by atoms with Gasteiger partial charge >= 0.3 is 0 Å². The summed E-state index contributed by atoms with van der Waals surface area (Å²) in [7, 11) is 1.78. The van der Waals surface area contributed by atoms with Gasteiger partial charge in [0.2, 0.25) is 0 Å². The predicted molar refractivity (Wildman–Crippen MR) is 39.6 cm³/mol. The minimum absolute atomic E-state index is 0.420. The van der Waals surface area contributed by atoms with Gasteiger partial charge in [0.25, 0.3) is 0 Å². The van der Waals surface area contributed by atoms with Crippen LogP contribution in [0.2, 0.25) is 0 Å². The van der Waals surface area contributed by atoms with E-state index in [0.29, 0.717) is 16.9 Å². The molecule has 0 saturated carbocycles. The molecule has 2 aromatic heterocycles.